The van der Waals surface area contributed by atoms with Crippen molar-refractivity contribution in [1.29, 1.82) is 0 Å². The summed E-state index contributed by atoms with van der Waals surface area (Å²) in [5.41, 5.74) is 15.2. The lowest BCUT2D eigenvalue weighted by Gasteiger charge is -2.11. The third kappa shape index (κ3) is 4.42. The molecule has 38 heavy (non-hydrogen) atoms. The number of fused-ring (bicyclic) bond motifs is 8. The molecule has 5 rings (SSSR count). The van der Waals surface area contributed by atoms with Crippen LogP contribution in [0.3, 0.4) is 0 Å². The van der Waals surface area contributed by atoms with Gasteiger partial charge in [-0.05, 0) is 114 Å². The highest BCUT2D eigenvalue weighted by Gasteiger charge is 2.27. The molecule has 0 spiro atoms. The first-order valence-electron chi connectivity index (χ1n) is 15.1. The molecule has 0 radical (unpaired) electrons. The van der Waals surface area contributed by atoms with Gasteiger partial charge in [0.2, 0.25) is 0 Å². The maximum Gasteiger partial charge on any atom is 0.0687 e. The molecule has 8 bridgehead atoms. The third-order valence-corrected chi connectivity index (χ3v) is 8.84. The SMILES string of the molecule is CCC1=C/C2=C/c3[nH]c(c(CC)c3CC)/C=C3\NC(/C=c4\[nH]/c(c(CC)c4CC)=C\C1N2)C(CC)=C3CC. The van der Waals surface area contributed by atoms with Crippen LogP contribution in [0, 0.1) is 0 Å². The van der Waals surface area contributed by atoms with Gasteiger partial charge in [-0.1, -0.05) is 48.5 Å². The first-order valence-corrected chi connectivity index (χ1v) is 15.1. The molecular weight excluding hydrogens is 464 g/mol. The number of allylic oxidation sites excluding steroid dienone is 2. The topological polar surface area (TPSA) is 55.6 Å². The molecule has 3 aliphatic rings. The van der Waals surface area contributed by atoms with Gasteiger partial charge in [-0.3, -0.25) is 0 Å². The number of aromatic amines is 2. The van der Waals surface area contributed by atoms with Crippen molar-refractivity contribution in [2.45, 2.75) is 105 Å². The quantitative estimate of drug-likeness (QED) is 0.372. The number of rotatable bonds is 7. The number of nitrogens with one attached hydrogen (secondary N) is 4. The second-order valence-corrected chi connectivity index (χ2v) is 10.8. The van der Waals surface area contributed by atoms with Gasteiger partial charge in [0.1, 0.15) is 0 Å². The Kier molecular flexibility index (Phi) is 7.61. The zero-order chi connectivity index (χ0) is 27.0. The van der Waals surface area contributed by atoms with Crippen molar-refractivity contribution in [1.82, 2.24) is 20.6 Å². The third-order valence-electron chi connectivity index (χ3n) is 8.84. The number of aromatic nitrogens is 2. The molecule has 2 aromatic heterocycles. The lowest BCUT2D eigenvalue weighted by atomic mass is 9.97. The Morgan fingerprint density at radius 3 is 1.71 bits per heavy atom. The van der Waals surface area contributed by atoms with Crippen molar-refractivity contribution in [2.24, 2.45) is 0 Å². The molecule has 4 nitrogen and oxygen atoms in total. The Bertz CT molecular complexity index is 1470. The van der Waals surface area contributed by atoms with Crippen molar-refractivity contribution in [3.8, 4) is 0 Å². The van der Waals surface area contributed by atoms with Crippen LogP contribution >= 0.6 is 0 Å². The van der Waals surface area contributed by atoms with Gasteiger partial charge < -0.3 is 20.6 Å². The molecule has 202 valence electrons. The van der Waals surface area contributed by atoms with Crippen molar-refractivity contribution in [3.63, 3.8) is 0 Å². The van der Waals surface area contributed by atoms with E-state index in [0.29, 0.717) is 0 Å². The van der Waals surface area contributed by atoms with E-state index in [4.69, 9.17) is 0 Å². The van der Waals surface area contributed by atoms with Crippen LogP contribution in [0.1, 0.15) is 101 Å². The Morgan fingerprint density at radius 1 is 0.553 bits per heavy atom. The fourth-order valence-corrected chi connectivity index (χ4v) is 7.00. The molecule has 0 aliphatic carbocycles. The zero-order valence-electron chi connectivity index (χ0n) is 24.5. The van der Waals surface area contributed by atoms with E-state index >= 15 is 0 Å². The van der Waals surface area contributed by atoms with Gasteiger partial charge in [0.25, 0.3) is 0 Å². The second kappa shape index (κ2) is 10.9. The minimum absolute atomic E-state index is 0.208. The fraction of sp³-hybridized carbons (Fsp3) is 0.471. The molecule has 2 unspecified atom stereocenters. The van der Waals surface area contributed by atoms with Gasteiger partial charge in [0.05, 0.1) is 12.1 Å². The van der Waals surface area contributed by atoms with Gasteiger partial charge >= 0.3 is 0 Å². The zero-order valence-corrected chi connectivity index (χ0v) is 24.5. The van der Waals surface area contributed by atoms with Gasteiger partial charge in [-0.15, -0.1) is 0 Å². The lowest BCUT2D eigenvalue weighted by Crippen LogP contribution is -2.27. The molecule has 2 aromatic rings. The maximum atomic E-state index is 3.94. The van der Waals surface area contributed by atoms with E-state index in [1.54, 1.807) is 0 Å². The van der Waals surface area contributed by atoms with Crippen LogP contribution in [-0.4, -0.2) is 22.1 Å². The Hall–Kier alpha value is -3.14. The Morgan fingerprint density at radius 2 is 1.16 bits per heavy atom. The molecule has 5 heterocycles. The summed E-state index contributed by atoms with van der Waals surface area (Å²) in [6.45, 7) is 16.0. The van der Waals surface area contributed by atoms with Crippen LogP contribution in [0.2, 0.25) is 0 Å². The predicted octanol–water partition coefficient (Wildman–Crippen LogP) is 5.95. The molecule has 3 aliphatic heterocycles. The Balaban J connectivity index is 1.82. The van der Waals surface area contributed by atoms with E-state index in [-0.39, 0.29) is 12.1 Å². The smallest absolute Gasteiger partial charge is 0.0687 e. The molecule has 0 saturated carbocycles. The summed E-state index contributed by atoms with van der Waals surface area (Å²) in [6, 6.07) is 0.419. The number of hydrogen-bond donors (Lipinski definition) is 4. The molecule has 0 aromatic carbocycles. The first-order chi connectivity index (χ1) is 18.5. The van der Waals surface area contributed by atoms with Crippen molar-refractivity contribution >= 4 is 24.3 Å². The number of hydrogen-bond acceptors (Lipinski definition) is 2. The van der Waals surface area contributed by atoms with Crippen LogP contribution in [0.15, 0.2) is 34.2 Å². The van der Waals surface area contributed by atoms with E-state index in [0.717, 1.165) is 44.9 Å². The normalized spacial score (nSPS) is 24.9. The standard InChI is InChI=1S/C34H46N4/c1-8-20-15-21-16-29-22(9-2)23(10-3)31(36-29)18-33-26(13-6)27(14-7)34(38-33)19-32-25(12-5)24(11-4)30(37-32)17-28(20)35-21/h15-19,28,34-38H,8-14H2,1-7H3/b21-16-,30-17-,32-19-,33-18-. The summed E-state index contributed by atoms with van der Waals surface area (Å²) >= 11 is 0. The van der Waals surface area contributed by atoms with Crippen LogP contribution in [0.5, 0.6) is 0 Å². The van der Waals surface area contributed by atoms with E-state index in [1.807, 2.05) is 0 Å². The van der Waals surface area contributed by atoms with E-state index in [2.05, 4.69) is 99.4 Å². The summed E-state index contributed by atoms with van der Waals surface area (Å²) in [7, 11) is 0. The van der Waals surface area contributed by atoms with Crippen molar-refractivity contribution in [2.75, 3.05) is 0 Å². The average molecular weight is 511 g/mol. The predicted molar refractivity (Wildman–Crippen MR) is 163 cm³/mol. The van der Waals surface area contributed by atoms with Crippen LogP contribution < -0.4 is 21.3 Å². The average Bonchev–Trinajstić information content (AvgIpc) is 3.65. The lowest BCUT2D eigenvalue weighted by molar-refractivity contribution is 0.811. The summed E-state index contributed by atoms with van der Waals surface area (Å²) < 4.78 is 0. The highest BCUT2D eigenvalue weighted by atomic mass is 15.0. The number of H-pyrrole nitrogens is 2. The fourth-order valence-electron chi connectivity index (χ4n) is 7.00. The maximum absolute atomic E-state index is 3.94. The molecular formula is C34H46N4. The van der Waals surface area contributed by atoms with Crippen LogP contribution in [0.4, 0.5) is 0 Å². The van der Waals surface area contributed by atoms with E-state index in [1.165, 1.54) is 72.5 Å². The molecule has 4 heteroatoms. The minimum Gasteiger partial charge on any atom is -0.375 e. The largest absolute Gasteiger partial charge is 0.375 e. The highest BCUT2D eigenvalue weighted by Crippen LogP contribution is 2.33. The van der Waals surface area contributed by atoms with E-state index < -0.39 is 0 Å². The van der Waals surface area contributed by atoms with Gasteiger partial charge in [-0.2, -0.15) is 0 Å². The van der Waals surface area contributed by atoms with Crippen LogP contribution in [-0.2, 0) is 25.7 Å². The summed E-state index contributed by atoms with van der Waals surface area (Å²) in [5, 5.41) is 10.3. The summed E-state index contributed by atoms with van der Waals surface area (Å²) in [6.07, 6.45) is 19.2. The Labute approximate surface area is 228 Å². The van der Waals surface area contributed by atoms with Gasteiger partial charge in [-0.25, -0.2) is 0 Å². The summed E-state index contributed by atoms with van der Waals surface area (Å²) in [4.78, 5) is 7.71. The molecule has 0 saturated heterocycles. The van der Waals surface area contributed by atoms with Crippen molar-refractivity contribution < 1.29 is 0 Å². The first kappa shape index (κ1) is 26.5. The highest BCUT2D eigenvalue weighted by molar-refractivity contribution is 5.70. The van der Waals surface area contributed by atoms with Gasteiger partial charge in [0, 0.05) is 33.5 Å². The van der Waals surface area contributed by atoms with Crippen LogP contribution in [0.25, 0.3) is 24.3 Å². The molecule has 0 fully saturated rings. The molecule has 0 amide bonds. The molecule has 2 atom stereocenters. The van der Waals surface area contributed by atoms with E-state index in [9.17, 15) is 0 Å². The summed E-state index contributed by atoms with van der Waals surface area (Å²) in [5.74, 6) is 0. The second-order valence-electron chi connectivity index (χ2n) is 10.8. The van der Waals surface area contributed by atoms with Gasteiger partial charge in [0.15, 0.2) is 0 Å². The monoisotopic (exact) mass is 510 g/mol. The minimum atomic E-state index is 0.208. The molecule has 4 N–H and O–H groups in total. The van der Waals surface area contributed by atoms with Crippen molar-refractivity contribution in [3.05, 3.63) is 78.5 Å².